The minimum atomic E-state index is -1.19. The van der Waals surface area contributed by atoms with E-state index in [4.69, 9.17) is 10.5 Å². The Hall–Kier alpha value is -3.63. The number of likely N-dealkylation sites (N-methyl/N-ethyl adjacent to an activating group) is 1. The van der Waals surface area contributed by atoms with E-state index in [1.165, 1.54) is 12.0 Å². The van der Waals surface area contributed by atoms with Gasteiger partial charge < -0.3 is 30.7 Å². The highest BCUT2D eigenvalue weighted by atomic mass is 16.6. The molecule has 0 spiro atoms. The molecule has 0 aliphatic rings. The summed E-state index contributed by atoms with van der Waals surface area (Å²) in [4.78, 5) is 63.9. The second kappa shape index (κ2) is 13.5. The van der Waals surface area contributed by atoms with Crippen molar-refractivity contribution >= 4 is 29.8 Å². The molecule has 1 rings (SSSR count). The van der Waals surface area contributed by atoms with Crippen molar-refractivity contribution < 1.29 is 33.4 Å². The van der Waals surface area contributed by atoms with Crippen LogP contribution < -0.4 is 16.4 Å². The Morgan fingerprint density at radius 3 is 2.28 bits per heavy atom. The standard InChI is InChI=1S/C25H38N4O7/c1-8-29(23(33)18(12-13-19(26)30)28-24(34)36-25(4,5)6)21(22(32)27-14-20(31)35-7)17-11-9-10-15(2)16(17)3/h9-11,18,21H,8,12-14H2,1-7H3,(H2,26,30)(H,27,32)(H,28,34). The van der Waals surface area contributed by atoms with Crippen LogP contribution in [0.25, 0.3) is 0 Å². The first kappa shape index (κ1) is 30.4. The number of nitrogens with zero attached hydrogens (tertiary/aromatic N) is 1. The first-order chi connectivity index (χ1) is 16.7. The molecular weight excluding hydrogens is 468 g/mol. The number of rotatable bonds is 11. The van der Waals surface area contributed by atoms with Gasteiger partial charge in [0.1, 0.15) is 24.2 Å². The first-order valence-corrected chi connectivity index (χ1v) is 11.7. The number of methoxy groups -OCH3 is 1. The highest BCUT2D eigenvalue weighted by molar-refractivity contribution is 5.93. The Bertz CT molecular complexity index is 972. The number of carbonyl (C=O) groups is 5. The van der Waals surface area contributed by atoms with Gasteiger partial charge in [0, 0.05) is 13.0 Å². The highest BCUT2D eigenvalue weighted by Gasteiger charge is 2.36. The summed E-state index contributed by atoms with van der Waals surface area (Å²) in [6.45, 7) is 10.1. The third-order valence-corrected chi connectivity index (χ3v) is 5.43. The average molecular weight is 507 g/mol. The molecule has 4 amide bonds. The zero-order chi connectivity index (χ0) is 27.6. The molecule has 2 atom stereocenters. The number of primary amides is 1. The fraction of sp³-hybridized carbons (Fsp3) is 0.560. The molecule has 11 nitrogen and oxygen atoms in total. The number of amides is 4. The van der Waals surface area contributed by atoms with Crippen molar-refractivity contribution in [2.45, 2.75) is 72.1 Å². The number of hydrogen-bond donors (Lipinski definition) is 3. The summed E-state index contributed by atoms with van der Waals surface area (Å²) >= 11 is 0. The van der Waals surface area contributed by atoms with Crippen LogP contribution in [0.5, 0.6) is 0 Å². The fourth-order valence-corrected chi connectivity index (χ4v) is 3.51. The summed E-state index contributed by atoms with van der Waals surface area (Å²) in [5.41, 5.74) is 6.71. The van der Waals surface area contributed by atoms with Gasteiger partial charge in [-0.1, -0.05) is 18.2 Å². The largest absolute Gasteiger partial charge is 0.468 e. The summed E-state index contributed by atoms with van der Waals surface area (Å²) < 4.78 is 9.88. The predicted octanol–water partition coefficient (Wildman–Crippen LogP) is 1.64. The van der Waals surface area contributed by atoms with Crippen molar-refractivity contribution in [2.75, 3.05) is 20.2 Å². The van der Waals surface area contributed by atoms with Crippen LogP contribution in [0.2, 0.25) is 0 Å². The van der Waals surface area contributed by atoms with Crippen molar-refractivity contribution in [3.05, 3.63) is 34.9 Å². The van der Waals surface area contributed by atoms with Crippen LogP contribution in [-0.2, 0) is 28.7 Å². The van der Waals surface area contributed by atoms with Crippen LogP contribution in [0.15, 0.2) is 18.2 Å². The van der Waals surface area contributed by atoms with Crippen molar-refractivity contribution in [2.24, 2.45) is 5.73 Å². The molecule has 0 fully saturated rings. The van der Waals surface area contributed by atoms with Crippen LogP contribution in [0, 0.1) is 13.8 Å². The first-order valence-electron chi connectivity index (χ1n) is 11.7. The van der Waals surface area contributed by atoms with Gasteiger partial charge in [0.2, 0.25) is 17.7 Å². The molecule has 0 bridgehead atoms. The van der Waals surface area contributed by atoms with E-state index in [2.05, 4.69) is 15.4 Å². The van der Waals surface area contributed by atoms with Gasteiger partial charge in [-0.05, 0) is 64.7 Å². The molecule has 4 N–H and O–H groups in total. The Morgan fingerprint density at radius 2 is 1.75 bits per heavy atom. The molecule has 36 heavy (non-hydrogen) atoms. The molecule has 1 aromatic carbocycles. The maximum atomic E-state index is 13.7. The van der Waals surface area contributed by atoms with E-state index >= 15 is 0 Å². The number of esters is 1. The fourth-order valence-electron chi connectivity index (χ4n) is 3.51. The Morgan fingerprint density at radius 1 is 1.11 bits per heavy atom. The monoisotopic (exact) mass is 506 g/mol. The molecule has 200 valence electrons. The number of ether oxygens (including phenoxy) is 2. The van der Waals surface area contributed by atoms with E-state index in [-0.39, 0.29) is 25.9 Å². The molecule has 0 heterocycles. The third kappa shape index (κ3) is 9.20. The molecule has 0 aromatic heterocycles. The summed E-state index contributed by atoms with van der Waals surface area (Å²) in [5, 5.41) is 5.02. The second-order valence-electron chi connectivity index (χ2n) is 9.31. The molecule has 2 unspecified atom stereocenters. The number of carbonyl (C=O) groups excluding carboxylic acids is 5. The van der Waals surface area contributed by atoms with Crippen LogP contribution in [0.3, 0.4) is 0 Å². The minimum absolute atomic E-state index is 0.0889. The average Bonchev–Trinajstić information content (AvgIpc) is 2.78. The zero-order valence-corrected chi connectivity index (χ0v) is 22.1. The normalized spacial score (nSPS) is 12.6. The lowest BCUT2D eigenvalue weighted by Gasteiger charge is -2.34. The van der Waals surface area contributed by atoms with Gasteiger partial charge in [0.05, 0.1) is 7.11 Å². The molecular formula is C25H38N4O7. The predicted molar refractivity (Wildman–Crippen MR) is 133 cm³/mol. The van der Waals surface area contributed by atoms with Crippen molar-refractivity contribution in [1.82, 2.24) is 15.5 Å². The molecule has 0 aliphatic carbocycles. The van der Waals surface area contributed by atoms with E-state index in [1.54, 1.807) is 39.8 Å². The van der Waals surface area contributed by atoms with Crippen molar-refractivity contribution in [3.63, 3.8) is 0 Å². The van der Waals surface area contributed by atoms with Gasteiger partial charge in [-0.3, -0.25) is 19.2 Å². The maximum absolute atomic E-state index is 13.7. The molecule has 11 heteroatoms. The lowest BCUT2D eigenvalue weighted by atomic mass is 9.94. The number of benzene rings is 1. The van der Waals surface area contributed by atoms with Crippen molar-refractivity contribution in [3.8, 4) is 0 Å². The number of nitrogens with two attached hydrogens (primary N) is 1. The maximum Gasteiger partial charge on any atom is 0.408 e. The van der Waals surface area contributed by atoms with Crippen LogP contribution >= 0.6 is 0 Å². The van der Waals surface area contributed by atoms with E-state index in [9.17, 15) is 24.0 Å². The summed E-state index contributed by atoms with van der Waals surface area (Å²) in [5.74, 6) is -2.51. The van der Waals surface area contributed by atoms with Gasteiger partial charge in [-0.2, -0.15) is 0 Å². The highest BCUT2D eigenvalue weighted by Crippen LogP contribution is 2.27. The third-order valence-electron chi connectivity index (χ3n) is 5.43. The molecule has 0 saturated carbocycles. The Labute approximate surface area is 212 Å². The number of aryl methyl sites for hydroxylation is 1. The van der Waals surface area contributed by atoms with E-state index < -0.39 is 47.5 Å². The Balaban J connectivity index is 3.44. The SMILES string of the molecule is CCN(C(=O)C(CCC(N)=O)NC(=O)OC(C)(C)C)C(C(=O)NCC(=O)OC)c1cccc(C)c1C. The summed E-state index contributed by atoms with van der Waals surface area (Å²) in [6, 6.07) is 3.05. The Kier molecular flexibility index (Phi) is 11.4. The van der Waals surface area contributed by atoms with E-state index in [1.807, 2.05) is 19.9 Å². The number of alkyl carbamates (subject to hydrolysis) is 1. The second-order valence-corrected chi connectivity index (χ2v) is 9.31. The van der Waals surface area contributed by atoms with Gasteiger partial charge in [0.15, 0.2) is 0 Å². The van der Waals surface area contributed by atoms with Crippen LogP contribution in [0.4, 0.5) is 4.79 Å². The lowest BCUT2D eigenvalue weighted by Crippen LogP contribution is -2.53. The number of hydrogen-bond acceptors (Lipinski definition) is 7. The van der Waals surface area contributed by atoms with Gasteiger partial charge >= 0.3 is 12.1 Å². The van der Waals surface area contributed by atoms with Gasteiger partial charge in [-0.25, -0.2) is 4.79 Å². The van der Waals surface area contributed by atoms with Crippen molar-refractivity contribution in [1.29, 1.82) is 0 Å². The molecule has 0 radical (unpaired) electrons. The van der Waals surface area contributed by atoms with Crippen LogP contribution in [-0.4, -0.2) is 66.5 Å². The lowest BCUT2D eigenvalue weighted by molar-refractivity contribution is -0.144. The summed E-state index contributed by atoms with van der Waals surface area (Å²) in [6.07, 6.45) is -1.11. The zero-order valence-electron chi connectivity index (χ0n) is 22.1. The quantitative estimate of drug-likeness (QED) is 0.385. The summed E-state index contributed by atoms with van der Waals surface area (Å²) in [7, 11) is 1.20. The molecule has 0 saturated heterocycles. The molecule has 0 aliphatic heterocycles. The number of nitrogens with one attached hydrogen (secondary N) is 2. The smallest absolute Gasteiger partial charge is 0.408 e. The molecule has 1 aromatic rings. The topological polar surface area (TPSA) is 157 Å². The van der Waals surface area contributed by atoms with E-state index in [0.29, 0.717) is 5.56 Å². The van der Waals surface area contributed by atoms with Gasteiger partial charge in [-0.15, -0.1) is 0 Å². The van der Waals surface area contributed by atoms with Crippen LogP contribution in [0.1, 0.15) is 63.3 Å². The van der Waals surface area contributed by atoms with Gasteiger partial charge in [0.25, 0.3) is 0 Å². The minimum Gasteiger partial charge on any atom is -0.468 e. The van der Waals surface area contributed by atoms with E-state index in [0.717, 1.165) is 11.1 Å².